The highest BCUT2D eigenvalue weighted by molar-refractivity contribution is 7.83. The van der Waals surface area contributed by atoms with Gasteiger partial charge >= 0.3 is 28.5 Å². The van der Waals surface area contributed by atoms with E-state index in [4.69, 9.17) is 26.6 Å². The molecular formula is C6H18O10SSi2. The van der Waals surface area contributed by atoms with Gasteiger partial charge in [-0.1, -0.05) is 0 Å². The van der Waals surface area contributed by atoms with Gasteiger partial charge in [0, 0.05) is 42.7 Å². The largest absolute Gasteiger partial charge is 0.695 e. The molecule has 0 rings (SSSR count). The van der Waals surface area contributed by atoms with Crippen LogP contribution in [-0.4, -0.2) is 69.2 Å². The predicted molar refractivity (Wildman–Crippen MR) is 64.7 cm³/mol. The van der Waals surface area contributed by atoms with Crippen molar-refractivity contribution in [3.63, 3.8) is 0 Å². The molecule has 10 nitrogen and oxygen atoms in total. The van der Waals surface area contributed by atoms with Crippen molar-refractivity contribution < 1.29 is 42.7 Å². The van der Waals surface area contributed by atoms with Gasteiger partial charge in [-0.05, 0) is 0 Å². The van der Waals surface area contributed by atoms with Crippen molar-refractivity contribution in [1.82, 2.24) is 0 Å². The molecule has 0 spiro atoms. The molecule has 116 valence electrons. The second-order valence-electron chi connectivity index (χ2n) is 2.80. The Hall–Kier alpha value is 0.0638. The van der Waals surface area contributed by atoms with E-state index in [0.29, 0.717) is 0 Å². The average Bonchev–Trinajstić information content (AvgIpc) is 2.42. The molecule has 0 radical (unpaired) electrons. The van der Waals surface area contributed by atoms with Gasteiger partial charge in [-0.2, -0.15) is 8.42 Å². The molecule has 0 atom stereocenters. The lowest BCUT2D eigenvalue weighted by atomic mass is 11.8. The molecule has 0 aliphatic heterocycles. The Kier molecular flexibility index (Phi) is 7.77. The third-order valence-corrected chi connectivity index (χ3v) is 8.17. The topological polar surface area (TPSA) is 108 Å². The Morgan fingerprint density at radius 3 is 0.947 bits per heavy atom. The van der Waals surface area contributed by atoms with Crippen molar-refractivity contribution in [1.29, 1.82) is 0 Å². The van der Waals surface area contributed by atoms with Gasteiger partial charge in [0.05, 0.1) is 0 Å². The molecule has 0 aliphatic rings. The van der Waals surface area contributed by atoms with Gasteiger partial charge in [-0.25, -0.2) is 7.74 Å². The fraction of sp³-hybridized carbons (Fsp3) is 1.00. The van der Waals surface area contributed by atoms with Crippen molar-refractivity contribution in [3.8, 4) is 0 Å². The normalized spacial score (nSPS) is 13.8. The lowest BCUT2D eigenvalue weighted by molar-refractivity contribution is 0.0305. The van der Waals surface area contributed by atoms with E-state index in [1.54, 1.807) is 0 Å². The first-order valence-electron chi connectivity index (χ1n) is 4.75. The Balaban J connectivity index is 5.09. The maximum absolute atomic E-state index is 11.8. The summed E-state index contributed by atoms with van der Waals surface area (Å²) < 4.78 is 61.6. The minimum Gasteiger partial charge on any atom is -0.354 e. The number of hydrogen-bond donors (Lipinski definition) is 0. The van der Waals surface area contributed by atoms with Gasteiger partial charge in [0.2, 0.25) is 0 Å². The molecule has 0 saturated heterocycles. The zero-order valence-corrected chi connectivity index (χ0v) is 14.3. The van der Waals surface area contributed by atoms with Gasteiger partial charge < -0.3 is 26.6 Å². The lowest BCUT2D eigenvalue weighted by Crippen LogP contribution is -2.53. The maximum Gasteiger partial charge on any atom is 0.695 e. The summed E-state index contributed by atoms with van der Waals surface area (Å²) in [5, 5.41) is 0. The number of hydrogen-bond acceptors (Lipinski definition) is 10. The molecular weight excluding hydrogens is 320 g/mol. The Labute approximate surface area is 114 Å². The van der Waals surface area contributed by atoms with Crippen molar-refractivity contribution in [2.75, 3.05) is 42.7 Å². The SMILES string of the molecule is CO[Si](OC)(OC)OS(=O)(=O)O[Si](OC)(OC)OC. The van der Waals surface area contributed by atoms with Gasteiger partial charge in [-0.3, -0.25) is 0 Å². The Bertz CT molecular complexity index is 307. The van der Waals surface area contributed by atoms with Gasteiger partial charge in [-0.15, -0.1) is 0 Å². The predicted octanol–water partition coefficient (Wildman–Crippen LogP) is -0.986. The highest BCUT2D eigenvalue weighted by atomic mass is 32.3. The van der Waals surface area contributed by atoms with E-state index >= 15 is 0 Å². The summed E-state index contributed by atoms with van der Waals surface area (Å²) >= 11 is 0. The quantitative estimate of drug-likeness (QED) is 0.461. The molecule has 0 bridgehead atoms. The summed E-state index contributed by atoms with van der Waals surface area (Å²) in [6.07, 6.45) is 0. The summed E-state index contributed by atoms with van der Waals surface area (Å²) in [5.41, 5.74) is 0. The van der Waals surface area contributed by atoms with Crippen LogP contribution in [0.5, 0.6) is 0 Å². The van der Waals surface area contributed by atoms with Crippen LogP contribution in [0, 0.1) is 0 Å². The zero-order valence-electron chi connectivity index (χ0n) is 11.5. The molecule has 0 aromatic heterocycles. The monoisotopic (exact) mass is 338 g/mol. The van der Waals surface area contributed by atoms with Crippen LogP contribution in [0.3, 0.4) is 0 Å². The highest BCUT2D eigenvalue weighted by Crippen LogP contribution is 2.18. The second-order valence-corrected chi connectivity index (χ2v) is 9.40. The van der Waals surface area contributed by atoms with Crippen LogP contribution in [0.1, 0.15) is 0 Å². The molecule has 13 heteroatoms. The molecule has 0 fully saturated rings. The summed E-state index contributed by atoms with van der Waals surface area (Å²) in [6.45, 7) is 0. The molecule has 0 saturated carbocycles. The molecule has 0 unspecified atom stereocenters. The summed E-state index contributed by atoms with van der Waals surface area (Å²) in [6, 6.07) is 0. The molecule has 0 heterocycles. The first kappa shape index (κ1) is 19.1. The van der Waals surface area contributed by atoms with Crippen LogP contribution < -0.4 is 0 Å². The highest BCUT2D eigenvalue weighted by Gasteiger charge is 2.54. The second kappa shape index (κ2) is 7.74. The van der Waals surface area contributed by atoms with Gasteiger partial charge in [0.15, 0.2) is 0 Å². The van der Waals surface area contributed by atoms with E-state index < -0.39 is 28.5 Å². The summed E-state index contributed by atoms with van der Waals surface area (Å²) in [4.78, 5) is 0. The van der Waals surface area contributed by atoms with Crippen LogP contribution in [0.15, 0.2) is 0 Å². The minimum absolute atomic E-state index is 1.17. The molecule has 0 aromatic carbocycles. The van der Waals surface area contributed by atoms with Crippen molar-refractivity contribution in [3.05, 3.63) is 0 Å². The van der Waals surface area contributed by atoms with E-state index in [0.717, 1.165) is 0 Å². The van der Waals surface area contributed by atoms with Crippen molar-refractivity contribution in [2.24, 2.45) is 0 Å². The van der Waals surface area contributed by atoms with Gasteiger partial charge in [0.1, 0.15) is 0 Å². The first-order valence-corrected chi connectivity index (χ1v) is 9.35. The fourth-order valence-corrected chi connectivity index (χ4v) is 6.05. The van der Waals surface area contributed by atoms with Gasteiger partial charge in [0.25, 0.3) is 0 Å². The summed E-state index contributed by atoms with van der Waals surface area (Å²) in [5.74, 6) is 0. The zero-order chi connectivity index (χ0) is 15.2. The van der Waals surface area contributed by atoms with E-state index in [1.165, 1.54) is 42.7 Å². The number of rotatable bonds is 10. The van der Waals surface area contributed by atoms with Crippen LogP contribution >= 0.6 is 0 Å². The van der Waals surface area contributed by atoms with Crippen molar-refractivity contribution >= 4 is 28.5 Å². The fourth-order valence-electron chi connectivity index (χ4n) is 0.971. The lowest BCUT2D eigenvalue weighted by Gasteiger charge is -2.25. The standard InChI is InChI=1S/C6H18O10SSi2/c1-9-18(10-2,11-3)15-17(7,8)16-19(12-4,13-5)14-6/h1-6H3. The smallest absolute Gasteiger partial charge is 0.354 e. The van der Waals surface area contributed by atoms with E-state index in [1.807, 2.05) is 0 Å². The van der Waals surface area contributed by atoms with E-state index in [2.05, 4.69) is 7.74 Å². The Morgan fingerprint density at radius 1 is 0.579 bits per heavy atom. The molecule has 0 N–H and O–H groups in total. The molecule has 0 aliphatic carbocycles. The molecule has 19 heavy (non-hydrogen) atoms. The van der Waals surface area contributed by atoms with E-state index in [9.17, 15) is 8.42 Å². The van der Waals surface area contributed by atoms with E-state index in [-0.39, 0.29) is 0 Å². The van der Waals surface area contributed by atoms with Crippen molar-refractivity contribution in [2.45, 2.75) is 0 Å². The molecule has 0 aromatic rings. The molecule has 0 amide bonds. The third-order valence-electron chi connectivity index (χ3n) is 1.91. The van der Waals surface area contributed by atoms with Crippen LogP contribution in [0.25, 0.3) is 0 Å². The third kappa shape index (κ3) is 5.16. The Morgan fingerprint density at radius 2 is 0.789 bits per heavy atom. The minimum atomic E-state index is -4.60. The summed E-state index contributed by atoms with van der Waals surface area (Å²) in [7, 11) is -5.28. The van der Waals surface area contributed by atoms with Crippen LogP contribution in [-0.2, 0) is 44.7 Å². The first-order chi connectivity index (χ1) is 8.78. The maximum atomic E-state index is 11.8. The average molecular weight is 338 g/mol. The van der Waals surface area contributed by atoms with Crippen LogP contribution in [0.4, 0.5) is 0 Å². The van der Waals surface area contributed by atoms with Crippen LogP contribution in [0.2, 0.25) is 0 Å².